The summed E-state index contributed by atoms with van der Waals surface area (Å²) in [6, 6.07) is 4.60. The van der Waals surface area contributed by atoms with Crippen LogP contribution in [-0.4, -0.2) is 49.9 Å². The maximum atomic E-state index is 12.7. The average molecular weight is 405 g/mol. The van der Waals surface area contributed by atoms with Gasteiger partial charge in [-0.2, -0.15) is 4.31 Å². The van der Waals surface area contributed by atoms with E-state index in [0.29, 0.717) is 24.7 Å². The lowest BCUT2D eigenvalue weighted by Gasteiger charge is -2.26. The first kappa shape index (κ1) is 19.6. The second-order valence-electron chi connectivity index (χ2n) is 5.06. The predicted octanol–water partition coefficient (Wildman–Crippen LogP) is 1.42. The van der Waals surface area contributed by atoms with Crippen LogP contribution >= 0.6 is 23.7 Å². The first-order chi connectivity index (χ1) is 11.5. The van der Waals surface area contributed by atoms with Crippen LogP contribution in [0.1, 0.15) is 9.67 Å². The molecule has 0 radical (unpaired) electrons. The molecule has 11 heteroatoms. The average Bonchev–Trinajstić information content (AvgIpc) is 3.08. The number of aromatic nitrogens is 1. The van der Waals surface area contributed by atoms with Crippen LogP contribution in [0.5, 0.6) is 0 Å². The summed E-state index contributed by atoms with van der Waals surface area (Å²) in [6.45, 7) is 1.26. The molecule has 25 heavy (non-hydrogen) atoms. The number of nitrogen functional groups attached to an aromatic ring is 1. The first-order valence-electron chi connectivity index (χ1n) is 7.17. The molecule has 0 saturated carbocycles. The molecule has 0 spiro atoms. The summed E-state index contributed by atoms with van der Waals surface area (Å²) in [5.41, 5.74) is 5.94. The van der Waals surface area contributed by atoms with E-state index in [1.165, 1.54) is 16.6 Å². The predicted molar refractivity (Wildman–Crippen MR) is 97.7 cm³/mol. The van der Waals surface area contributed by atoms with Gasteiger partial charge in [0.05, 0.1) is 25.1 Å². The van der Waals surface area contributed by atoms with E-state index in [1.54, 1.807) is 17.5 Å². The lowest BCUT2D eigenvalue weighted by atomic mass is 10.3. The number of nitrogens with zero attached hydrogens (tertiary/aromatic N) is 2. The summed E-state index contributed by atoms with van der Waals surface area (Å²) in [5.74, 6) is -0.164. The molecule has 2 aromatic heterocycles. The van der Waals surface area contributed by atoms with Crippen molar-refractivity contribution in [2.24, 2.45) is 0 Å². The number of nitrogens with one attached hydrogen (secondary N) is 1. The zero-order valence-electron chi connectivity index (χ0n) is 13.0. The number of anilines is 2. The van der Waals surface area contributed by atoms with Gasteiger partial charge in [-0.3, -0.25) is 4.79 Å². The molecule has 8 nitrogen and oxygen atoms in total. The van der Waals surface area contributed by atoms with Crippen LogP contribution in [0.3, 0.4) is 0 Å². The number of morpholine rings is 1. The molecule has 1 amide bonds. The third-order valence-corrected chi connectivity index (χ3v) is 6.45. The molecule has 3 N–H and O–H groups in total. The van der Waals surface area contributed by atoms with Crippen molar-refractivity contribution < 1.29 is 17.9 Å². The summed E-state index contributed by atoms with van der Waals surface area (Å²) in [7, 11) is -3.73. The van der Waals surface area contributed by atoms with Crippen molar-refractivity contribution in [2.75, 3.05) is 37.4 Å². The fraction of sp³-hybridized carbons (Fsp3) is 0.286. The van der Waals surface area contributed by atoms with E-state index in [4.69, 9.17) is 10.5 Å². The molecular formula is C14H17ClN4O4S2. The highest BCUT2D eigenvalue weighted by molar-refractivity contribution is 7.89. The molecule has 1 saturated heterocycles. The van der Waals surface area contributed by atoms with Crippen LogP contribution in [0.25, 0.3) is 0 Å². The van der Waals surface area contributed by atoms with Crippen LogP contribution in [0.4, 0.5) is 11.5 Å². The largest absolute Gasteiger partial charge is 0.384 e. The maximum Gasteiger partial charge on any atom is 0.267 e. The number of nitrogens with two attached hydrogens (primary N) is 1. The third-order valence-electron chi connectivity index (χ3n) is 3.47. The number of rotatable bonds is 4. The number of thiophene rings is 1. The maximum absolute atomic E-state index is 12.7. The van der Waals surface area contributed by atoms with E-state index >= 15 is 0 Å². The van der Waals surface area contributed by atoms with Crippen molar-refractivity contribution in [3.63, 3.8) is 0 Å². The summed E-state index contributed by atoms with van der Waals surface area (Å²) in [4.78, 5) is 16.5. The van der Waals surface area contributed by atoms with E-state index in [0.717, 1.165) is 11.3 Å². The van der Waals surface area contributed by atoms with Crippen LogP contribution in [-0.2, 0) is 14.8 Å². The molecule has 0 aliphatic carbocycles. The first-order valence-corrected chi connectivity index (χ1v) is 9.49. The lowest BCUT2D eigenvalue weighted by molar-refractivity contribution is 0.0730. The van der Waals surface area contributed by atoms with Gasteiger partial charge in [-0.1, -0.05) is 0 Å². The zero-order valence-corrected chi connectivity index (χ0v) is 15.5. The van der Waals surface area contributed by atoms with Crippen molar-refractivity contribution >= 4 is 51.2 Å². The third kappa shape index (κ3) is 4.28. The van der Waals surface area contributed by atoms with Gasteiger partial charge < -0.3 is 15.8 Å². The second kappa shape index (κ2) is 8.11. The van der Waals surface area contributed by atoms with E-state index in [-0.39, 0.29) is 35.3 Å². The van der Waals surface area contributed by atoms with Gasteiger partial charge in [0.2, 0.25) is 10.0 Å². The molecule has 0 bridgehead atoms. The SMILES string of the molecule is Cl.Nc1ccc(NC(=O)c2sccc2S(=O)(=O)N2CCOCC2)cn1. The number of halogens is 1. The highest BCUT2D eigenvalue weighted by Gasteiger charge is 2.31. The van der Waals surface area contributed by atoms with Crippen LogP contribution in [0, 0.1) is 0 Å². The van der Waals surface area contributed by atoms with Gasteiger partial charge in [0.15, 0.2) is 0 Å². The molecule has 1 aliphatic rings. The number of ether oxygens (including phenoxy) is 1. The normalized spacial score (nSPS) is 15.4. The molecule has 1 aliphatic heterocycles. The number of carbonyl (C=O) groups is 1. The minimum Gasteiger partial charge on any atom is -0.384 e. The molecule has 0 atom stereocenters. The summed E-state index contributed by atoms with van der Waals surface area (Å²) in [6.07, 6.45) is 1.41. The number of amides is 1. The second-order valence-corrected chi connectivity index (χ2v) is 7.88. The van der Waals surface area contributed by atoms with Gasteiger partial charge >= 0.3 is 0 Å². The molecule has 1 fully saturated rings. The molecule has 136 valence electrons. The van der Waals surface area contributed by atoms with E-state index in [1.807, 2.05) is 0 Å². The fourth-order valence-electron chi connectivity index (χ4n) is 2.26. The van der Waals surface area contributed by atoms with Crippen LogP contribution < -0.4 is 11.1 Å². The van der Waals surface area contributed by atoms with Crippen molar-refractivity contribution in [1.82, 2.24) is 9.29 Å². The van der Waals surface area contributed by atoms with Gasteiger partial charge in [-0.15, -0.1) is 23.7 Å². The molecular weight excluding hydrogens is 388 g/mol. The summed E-state index contributed by atoms with van der Waals surface area (Å²) in [5, 5.41) is 4.22. The molecule has 0 aromatic carbocycles. The fourth-order valence-corrected chi connectivity index (χ4v) is 4.96. The minimum absolute atomic E-state index is 0. The van der Waals surface area contributed by atoms with Crippen LogP contribution in [0.15, 0.2) is 34.7 Å². The van der Waals surface area contributed by atoms with Crippen molar-refractivity contribution in [2.45, 2.75) is 4.90 Å². The molecule has 2 aromatic rings. The van der Waals surface area contributed by atoms with Crippen LogP contribution in [0.2, 0.25) is 0 Å². The summed E-state index contributed by atoms with van der Waals surface area (Å²) >= 11 is 1.08. The monoisotopic (exact) mass is 404 g/mol. The Balaban J connectivity index is 0.00000225. The number of carbonyl (C=O) groups excluding carboxylic acids is 1. The van der Waals surface area contributed by atoms with Gasteiger partial charge in [0.1, 0.15) is 15.6 Å². The Morgan fingerprint density at radius 3 is 2.64 bits per heavy atom. The van der Waals surface area contributed by atoms with E-state index < -0.39 is 15.9 Å². The number of hydrogen-bond donors (Lipinski definition) is 2. The summed E-state index contributed by atoms with van der Waals surface area (Å²) < 4.78 is 32.0. The molecule has 3 heterocycles. The number of sulfonamides is 1. The topological polar surface area (TPSA) is 115 Å². The van der Waals surface area contributed by atoms with E-state index in [2.05, 4.69) is 10.3 Å². The zero-order chi connectivity index (χ0) is 17.2. The van der Waals surface area contributed by atoms with Gasteiger partial charge in [0.25, 0.3) is 5.91 Å². The Kier molecular flexibility index (Phi) is 6.36. The Bertz CT molecular complexity index is 833. The Hall–Kier alpha value is -1.72. The minimum atomic E-state index is -3.73. The van der Waals surface area contributed by atoms with Gasteiger partial charge in [-0.05, 0) is 23.6 Å². The van der Waals surface area contributed by atoms with E-state index in [9.17, 15) is 13.2 Å². The van der Waals surface area contributed by atoms with Crippen molar-refractivity contribution in [3.8, 4) is 0 Å². The Labute approximate surface area is 155 Å². The highest BCUT2D eigenvalue weighted by atomic mass is 35.5. The Morgan fingerprint density at radius 2 is 2.00 bits per heavy atom. The molecule has 0 unspecified atom stereocenters. The Morgan fingerprint density at radius 1 is 1.28 bits per heavy atom. The number of pyridine rings is 1. The van der Waals surface area contributed by atoms with Gasteiger partial charge in [-0.25, -0.2) is 13.4 Å². The van der Waals surface area contributed by atoms with Crippen molar-refractivity contribution in [3.05, 3.63) is 34.7 Å². The number of hydrogen-bond acceptors (Lipinski definition) is 7. The smallest absolute Gasteiger partial charge is 0.267 e. The van der Waals surface area contributed by atoms with Crippen molar-refractivity contribution in [1.29, 1.82) is 0 Å². The molecule has 3 rings (SSSR count). The highest BCUT2D eigenvalue weighted by Crippen LogP contribution is 2.26. The quantitative estimate of drug-likeness (QED) is 0.796. The lowest BCUT2D eigenvalue weighted by Crippen LogP contribution is -2.41. The standard InChI is InChI=1S/C14H16N4O4S2.ClH/c15-12-2-1-10(9-16-12)17-14(19)13-11(3-8-23-13)24(20,21)18-4-6-22-7-5-18;/h1-3,8-9H,4-7H2,(H2,15,16)(H,17,19);1H. The van der Waals surface area contributed by atoms with Gasteiger partial charge in [0, 0.05) is 13.1 Å².